The molecule has 0 bridgehead atoms. The summed E-state index contributed by atoms with van der Waals surface area (Å²) in [7, 11) is 0. The summed E-state index contributed by atoms with van der Waals surface area (Å²) in [4.78, 5) is 55.3. The maximum atomic E-state index is 15.5. The van der Waals surface area contributed by atoms with Gasteiger partial charge in [0.15, 0.2) is 17.5 Å². The van der Waals surface area contributed by atoms with Crippen LogP contribution in [0.2, 0.25) is 0 Å². The quantitative estimate of drug-likeness (QED) is 0.141. The van der Waals surface area contributed by atoms with E-state index in [0.717, 1.165) is 123 Å². The van der Waals surface area contributed by atoms with Crippen LogP contribution in [0.25, 0.3) is 122 Å². The molecule has 2 fully saturated rings. The van der Waals surface area contributed by atoms with E-state index in [0.29, 0.717) is 40.4 Å². The Hall–Kier alpha value is -11.9. The number of para-hydroxylation sites is 4. The smallest absolute Gasteiger partial charge is 0.169 e. The van der Waals surface area contributed by atoms with Crippen LogP contribution in [0.15, 0.2) is 232 Å². The molecule has 0 N–H and O–H groups in total. The highest BCUT2D eigenvalue weighted by atomic mass is 19.1. The number of nitrogens with zero attached hydrogens (tertiary/aromatic N) is 16. The minimum absolute atomic E-state index is 0.268. The number of hydrogen-bond acceptors (Lipinski definition) is 12. The monoisotopic (exact) mass is 1330 g/mol. The van der Waals surface area contributed by atoms with Gasteiger partial charge in [-0.1, -0.05) is 127 Å². The van der Waals surface area contributed by atoms with Crippen LogP contribution in [-0.4, -0.2) is 78.1 Å². The first kappa shape index (κ1) is 63.8. The first-order valence-corrected chi connectivity index (χ1v) is 34.7. The van der Waals surface area contributed by atoms with Crippen molar-refractivity contribution in [3.05, 3.63) is 267 Å². The van der Waals surface area contributed by atoms with Crippen molar-refractivity contribution in [2.24, 2.45) is 0 Å². The SMILES string of the molecule is CC(C)(C)c1nc2ccccc2c(-n2ccc3cnccc32)c1F.CCc1nc2cnccc2n1-c1nc(-c2ccccc2F)nc2ccccc12.c1ccc2c(-n3ccc4cnccc43)nc(C3CCCC3)nc2c1.c1ccc2c(-n3ccc4cnccc43)nc(C3CCCCC3)nc2c1. The van der Waals surface area contributed by atoms with Gasteiger partial charge in [0, 0.05) is 123 Å². The summed E-state index contributed by atoms with van der Waals surface area (Å²) in [5, 5.41) is 7.11. The summed E-state index contributed by atoms with van der Waals surface area (Å²) in [5.74, 6) is 6.23. The zero-order chi connectivity index (χ0) is 68.6. The van der Waals surface area contributed by atoms with E-state index < -0.39 is 0 Å². The Kier molecular flexibility index (Phi) is 17.3. The van der Waals surface area contributed by atoms with Gasteiger partial charge in [0.1, 0.15) is 40.4 Å². The van der Waals surface area contributed by atoms with Gasteiger partial charge in [0.05, 0.1) is 67.3 Å². The molecule has 498 valence electrons. The van der Waals surface area contributed by atoms with Gasteiger partial charge in [-0.3, -0.25) is 24.5 Å². The highest BCUT2D eigenvalue weighted by Crippen LogP contribution is 2.38. The number of aryl methyl sites for hydroxylation is 1. The van der Waals surface area contributed by atoms with Gasteiger partial charge in [-0.2, -0.15) is 0 Å². The molecular formula is C83H72F2N16. The van der Waals surface area contributed by atoms with Crippen molar-refractivity contribution in [2.75, 3.05) is 0 Å². The number of halogens is 2. The van der Waals surface area contributed by atoms with Crippen LogP contribution in [0.1, 0.15) is 120 Å². The summed E-state index contributed by atoms with van der Waals surface area (Å²) in [6, 6.07) is 52.7. The van der Waals surface area contributed by atoms with Gasteiger partial charge in [0.25, 0.3) is 0 Å². The predicted molar refractivity (Wildman–Crippen MR) is 397 cm³/mol. The second-order valence-corrected chi connectivity index (χ2v) is 26.9. The van der Waals surface area contributed by atoms with Crippen LogP contribution in [0, 0.1) is 11.6 Å². The van der Waals surface area contributed by atoms with E-state index >= 15 is 4.39 Å². The molecule has 2 saturated carbocycles. The van der Waals surface area contributed by atoms with Crippen molar-refractivity contribution in [1.29, 1.82) is 0 Å². The third-order valence-electron chi connectivity index (χ3n) is 19.3. The zero-order valence-corrected chi connectivity index (χ0v) is 56.6. The van der Waals surface area contributed by atoms with Crippen molar-refractivity contribution >= 4 is 87.4 Å². The average Bonchev–Trinajstić information content (AvgIpc) is 1.76. The van der Waals surface area contributed by atoms with E-state index in [2.05, 4.69) is 112 Å². The average molecular weight is 1330 g/mol. The molecular weight excluding hydrogens is 1260 g/mol. The van der Waals surface area contributed by atoms with Crippen LogP contribution in [0.5, 0.6) is 0 Å². The van der Waals surface area contributed by atoms with Crippen molar-refractivity contribution in [3.8, 4) is 34.5 Å². The van der Waals surface area contributed by atoms with E-state index in [1.165, 1.54) is 63.9 Å². The maximum Gasteiger partial charge on any atom is 0.169 e. The normalized spacial score (nSPS) is 13.6. The Bertz CT molecular complexity index is 5890. The number of imidazole rings is 1. The third kappa shape index (κ3) is 12.4. The predicted octanol–water partition coefficient (Wildman–Crippen LogP) is 19.4. The molecule has 18 heteroatoms. The molecule has 0 aliphatic heterocycles. The lowest BCUT2D eigenvalue weighted by Gasteiger charge is -2.22. The van der Waals surface area contributed by atoms with E-state index in [4.69, 9.17) is 29.9 Å². The molecule has 12 aromatic heterocycles. The first-order valence-electron chi connectivity index (χ1n) is 34.7. The molecule has 0 amide bonds. The fourth-order valence-electron chi connectivity index (χ4n) is 14.3. The lowest BCUT2D eigenvalue weighted by atomic mass is 9.88. The van der Waals surface area contributed by atoms with Crippen LogP contribution < -0.4 is 0 Å². The Morgan fingerprint density at radius 3 is 1.36 bits per heavy atom. The third-order valence-corrected chi connectivity index (χ3v) is 19.3. The molecule has 0 atom stereocenters. The van der Waals surface area contributed by atoms with Crippen LogP contribution >= 0.6 is 0 Å². The number of fused-ring (bicyclic) bond motifs is 8. The molecule has 5 aromatic carbocycles. The standard InChI is InChI=1S/C22H16FN5.C21H20N4.C20H18FN3.C20H18N4/c1-2-20-25-18-13-24-12-11-19(18)28(20)22-15-8-4-6-10-17(15)26-21(27-22)14-7-3-5-9-16(14)23;1-2-6-15(7-3-1)20-23-18-9-5-4-8-17(18)21(24-20)25-13-11-16-14-22-12-10-19(16)25;1-20(2,3)19-17(21)18(14-6-4-5-7-15(14)23-19)24-11-9-13-12-22-10-8-16(13)24;1-2-6-14(5-1)19-22-17-8-4-3-7-16(17)20(23-19)24-12-10-15-13-21-11-9-18(15)24/h3-13H,2H2,1H3;4-5,8-15H,1-3,6-7H2;4-12H,1-3H3;3-4,7-14H,1-2,5-6H2. The van der Waals surface area contributed by atoms with Gasteiger partial charge < -0.3 is 13.7 Å². The molecule has 0 spiro atoms. The molecule has 0 saturated heterocycles. The molecule has 2 aliphatic carbocycles. The van der Waals surface area contributed by atoms with Gasteiger partial charge in [-0.25, -0.2) is 48.7 Å². The van der Waals surface area contributed by atoms with Crippen molar-refractivity contribution in [1.82, 2.24) is 78.1 Å². The minimum atomic E-state index is -0.382. The van der Waals surface area contributed by atoms with E-state index in [-0.39, 0.29) is 17.0 Å². The first-order chi connectivity index (χ1) is 49.5. The highest BCUT2D eigenvalue weighted by molar-refractivity contribution is 5.94. The number of benzene rings is 5. The second kappa shape index (κ2) is 27.4. The molecule has 0 radical (unpaired) electrons. The second-order valence-electron chi connectivity index (χ2n) is 26.9. The van der Waals surface area contributed by atoms with Crippen molar-refractivity contribution in [2.45, 2.75) is 109 Å². The molecule has 19 rings (SSSR count). The van der Waals surface area contributed by atoms with Crippen LogP contribution in [-0.2, 0) is 11.8 Å². The number of hydrogen-bond donors (Lipinski definition) is 0. The summed E-state index contributed by atoms with van der Waals surface area (Å²) in [6.07, 6.45) is 32.5. The maximum absolute atomic E-state index is 15.5. The molecule has 16 nitrogen and oxygen atoms in total. The number of rotatable bonds is 8. The summed E-state index contributed by atoms with van der Waals surface area (Å²) >= 11 is 0. The summed E-state index contributed by atoms with van der Waals surface area (Å²) < 4.78 is 38.2. The lowest BCUT2D eigenvalue weighted by molar-refractivity contribution is 0.429. The Labute approximate surface area is 581 Å². The fourth-order valence-corrected chi connectivity index (χ4v) is 14.3. The summed E-state index contributed by atoms with van der Waals surface area (Å²) in [5.41, 5.74) is 9.54. The minimum Gasteiger partial charge on any atom is -0.313 e. The van der Waals surface area contributed by atoms with Gasteiger partial charge in [-0.15, -0.1) is 0 Å². The number of pyridine rings is 5. The largest absolute Gasteiger partial charge is 0.313 e. The zero-order valence-electron chi connectivity index (χ0n) is 56.6. The fraction of sp³-hybridized carbons (Fsp3) is 0.205. The van der Waals surface area contributed by atoms with E-state index in [1.54, 1.807) is 43.0 Å². The lowest BCUT2D eigenvalue weighted by Crippen LogP contribution is -2.18. The molecule has 101 heavy (non-hydrogen) atoms. The van der Waals surface area contributed by atoms with E-state index in [9.17, 15) is 4.39 Å². The highest BCUT2D eigenvalue weighted by Gasteiger charge is 2.28. The van der Waals surface area contributed by atoms with Gasteiger partial charge >= 0.3 is 0 Å². The Balaban J connectivity index is 0.000000105. The van der Waals surface area contributed by atoms with Gasteiger partial charge in [-0.05, 0) is 123 Å². The van der Waals surface area contributed by atoms with Gasteiger partial charge in [0.2, 0.25) is 0 Å². The van der Waals surface area contributed by atoms with E-state index in [1.807, 2.05) is 147 Å². The summed E-state index contributed by atoms with van der Waals surface area (Å²) in [6.45, 7) is 7.99. The Morgan fingerprint density at radius 1 is 0.396 bits per heavy atom. The molecule has 12 heterocycles. The molecule has 0 unspecified atom stereocenters. The molecule has 2 aliphatic rings. The van der Waals surface area contributed by atoms with Crippen molar-refractivity contribution in [3.63, 3.8) is 0 Å². The van der Waals surface area contributed by atoms with Crippen LogP contribution in [0.3, 0.4) is 0 Å². The van der Waals surface area contributed by atoms with Crippen LogP contribution in [0.4, 0.5) is 8.78 Å². The topological polar surface area (TPSA) is 174 Å². The number of aromatic nitrogens is 16. The molecule has 17 aromatic rings. The Morgan fingerprint density at radius 2 is 0.832 bits per heavy atom. The van der Waals surface area contributed by atoms with Crippen molar-refractivity contribution < 1.29 is 8.78 Å².